The van der Waals surface area contributed by atoms with E-state index >= 15 is 0 Å². The van der Waals surface area contributed by atoms with Crippen molar-refractivity contribution < 1.29 is 9.47 Å². The minimum atomic E-state index is 0.387. The van der Waals surface area contributed by atoms with Crippen LogP contribution in [0.2, 0.25) is 0 Å². The van der Waals surface area contributed by atoms with Crippen molar-refractivity contribution in [2.45, 2.75) is 40.0 Å². The SMILES string of the molecule is COc1cccc(OC2=CCC(C(C)(C)C)CC2)c1. The van der Waals surface area contributed by atoms with E-state index in [4.69, 9.17) is 9.47 Å². The van der Waals surface area contributed by atoms with E-state index in [0.717, 1.165) is 36.0 Å². The Labute approximate surface area is 116 Å². The number of hydrogen-bond acceptors (Lipinski definition) is 2. The molecule has 1 aliphatic carbocycles. The summed E-state index contributed by atoms with van der Waals surface area (Å²) in [7, 11) is 1.67. The predicted octanol–water partition coefficient (Wildman–Crippen LogP) is 4.80. The fourth-order valence-corrected chi connectivity index (χ4v) is 2.51. The topological polar surface area (TPSA) is 18.5 Å². The van der Waals surface area contributed by atoms with Gasteiger partial charge in [-0.3, -0.25) is 0 Å². The lowest BCUT2D eigenvalue weighted by Gasteiger charge is -2.33. The highest BCUT2D eigenvalue weighted by Crippen LogP contribution is 2.37. The molecule has 1 unspecified atom stereocenters. The second-order valence-electron chi connectivity index (χ2n) is 6.29. The van der Waals surface area contributed by atoms with Crippen LogP contribution in [-0.2, 0) is 0 Å². The maximum atomic E-state index is 5.94. The van der Waals surface area contributed by atoms with E-state index in [2.05, 4.69) is 26.8 Å². The van der Waals surface area contributed by atoms with Crippen LogP contribution in [-0.4, -0.2) is 7.11 Å². The highest BCUT2D eigenvalue weighted by Gasteiger charge is 2.26. The Hall–Kier alpha value is -1.44. The summed E-state index contributed by atoms with van der Waals surface area (Å²) >= 11 is 0. The average Bonchev–Trinajstić information content (AvgIpc) is 2.38. The molecule has 1 aromatic rings. The lowest BCUT2D eigenvalue weighted by Crippen LogP contribution is -2.22. The van der Waals surface area contributed by atoms with E-state index in [-0.39, 0.29) is 0 Å². The molecule has 2 heteroatoms. The molecule has 0 aromatic heterocycles. The summed E-state index contributed by atoms with van der Waals surface area (Å²) in [4.78, 5) is 0. The third-order valence-electron chi connectivity index (χ3n) is 3.88. The van der Waals surface area contributed by atoms with Gasteiger partial charge >= 0.3 is 0 Å². The molecule has 0 saturated heterocycles. The molecule has 0 spiro atoms. The van der Waals surface area contributed by atoms with Gasteiger partial charge in [0.2, 0.25) is 0 Å². The molecule has 1 aliphatic rings. The van der Waals surface area contributed by atoms with Gasteiger partial charge in [-0.25, -0.2) is 0 Å². The van der Waals surface area contributed by atoms with Crippen LogP contribution in [0.1, 0.15) is 40.0 Å². The molecule has 104 valence electrons. The second kappa shape index (κ2) is 5.68. The second-order valence-corrected chi connectivity index (χ2v) is 6.29. The Morgan fingerprint density at radius 2 is 1.89 bits per heavy atom. The first kappa shape index (κ1) is 14.0. The molecule has 0 amide bonds. The van der Waals surface area contributed by atoms with Gasteiger partial charge in [0, 0.05) is 12.5 Å². The molecular formula is C17H24O2. The zero-order chi connectivity index (χ0) is 13.9. The fourth-order valence-electron chi connectivity index (χ4n) is 2.51. The van der Waals surface area contributed by atoms with Crippen LogP contribution in [0.5, 0.6) is 11.5 Å². The first-order valence-corrected chi connectivity index (χ1v) is 7.00. The van der Waals surface area contributed by atoms with E-state index in [1.807, 2.05) is 24.3 Å². The van der Waals surface area contributed by atoms with Gasteiger partial charge in [0.25, 0.3) is 0 Å². The number of benzene rings is 1. The summed E-state index contributed by atoms with van der Waals surface area (Å²) in [5.74, 6) is 3.54. The Balaban J connectivity index is 1.99. The molecule has 1 atom stereocenters. The first-order chi connectivity index (χ1) is 8.99. The monoisotopic (exact) mass is 260 g/mol. The van der Waals surface area contributed by atoms with Gasteiger partial charge in [-0.2, -0.15) is 0 Å². The molecular weight excluding hydrogens is 236 g/mol. The minimum absolute atomic E-state index is 0.387. The predicted molar refractivity (Wildman–Crippen MR) is 78.5 cm³/mol. The van der Waals surface area contributed by atoms with Crippen LogP contribution < -0.4 is 9.47 Å². The van der Waals surface area contributed by atoms with E-state index < -0.39 is 0 Å². The number of rotatable bonds is 3. The number of hydrogen-bond donors (Lipinski definition) is 0. The van der Waals surface area contributed by atoms with Crippen molar-refractivity contribution in [2.75, 3.05) is 7.11 Å². The maximum Gasteiger partial charge on any atom is 0.130 e. The lowest BCUT2D eigenvalue weighted by atomic mass is 9.74. The van der Waals surface area contributed by atoms with Gasteiger partial charge in [-0.05, 0) is 42.4 Å². The van der Waals surface area contributed by atoms with Crippen LogP contribution in [0.3, 0.4) is 0 Å². The summed E-state index contributed by atoms with van der Waals surface area (Å²) in [6.07, 6.45) is 5.60. The van der Waals surface area contributed by atoms with Crippen molar-refractivity contribution in [3.05, 3.63) is 36.1 Å². The summed E-state index contributed by atoms with van der Waals surface area (Å²) < 4.78 is 11.1. The zero-order valence-corrected chi connectivity index (χ0v) is 12.4. The number of allylic oxidation sites excluding steroid dienone is 2. The Morgan fingerprint density at radius 1 is 1.16 bits per heavy atom. The van der Waals surface area contributed by atoms with Crippen molar-refractivity contribution in [1.29, 1.82) is 0 Å². The molecule has 0 heterocycles. The number of methoxy groups -OCH3 is 1. The van der Waals surface area contributed by atoms with Crippen molar-refractivity contribution in [1.82, 2.24) is 0 Å². The normalized spacial score (nSPS) is 19.8. The molecule has 0 radical (unpaired) electrons. The zero-order valence-electron chi connectivity index (χ0n) is 12.4. The van der Waals surface area contributed by atoms with E-state index in [0.29, 0.717) is 5.41 Å². The largest absolute Gasteiger partial charge is 0.497 e. The quantitative estimate of drug-likeness (QED) is 0.777. The summed E-state index contributed by atoms with van der Waals surface area (Å²) in [5, 5.41) is 0. The Bertz CT molecular complexity index is 455. The van der Waals surface area contributed by atoms with Gasteiger partial charge in [0.1, 0.15) is 17.3 Å². The van der Waals surface area contributed by atoms with Gasteiger partial charge < -0.3 is 9.47 Å². The minimum Gasteiger partial charge on any atom is -0.497 e. The molecule has 0 N–H and O–H groups in total. The van der Waals surface area contributed by atoms with Crippen LogP contribution >= 0.6 is 0 Å². The molecule has 0 fully saturated rings. The fraction of sp³-hybridized carbons (Fsp3) is 0.529. The van der Waals surface area contributed by atoms with Crippen LogP contribution in [0, 0.1) is 11.3 Å². The van der Waals surface area contributed by atoms with Crippen LogP contribution in [0.25, 0.3) is 0 Å². The summed E-state index contributed by atoms with van der Waals surface area (Å²) in [5.41, 5.74) is 0.387. The van der Waals surface area contributed by atoms with Gasteiger partial charge in [0.15, 0.2) is 0 Å². The molecule has 1 aromatic carbocycles. The Kier molecular flexibility index (Phi) is 4.18. The number of ether oxygens (including phenoxy) is 2. The molecule has 0 aliphatic heterocycles. The van der Waals surface area contributed by atoms with Crippen LogP contribution in [0.15, 0.2) is 36.1 Å². The van der Waals surface area contributed by atoms with Gasteiger partial charge in [-0.15, -0.1) is 0 Å². The lowest BCUT2D eigenvalue weighted by molar-refractivity contribution is 0.206. The summed E-state index contributed by atoms with van der Waals surface area (Å²) in [6, 6.07) is 7.78. The first-order valence-electron chi connectivity index (χ1n) is 7.00. The van der Waals surface area contributed by atoms with Crippen LogP contribution in [0.4, 0.5) is 0 Å². The van der Waals surface area contributed by atoms with E-state index in [1.165, 1.54) is 6.42 Å². The van der Waals surface area contributed by atoms with Crippen molar-refractivity contribution in [2.24, 2.45) is 11.3 Å². The average molecular weight is 260 g/mol. The third-order valence-corrected chi connectivity index (χ3v) is 3.88. The highest BCUT2D eigenvalue weighted by molar-refractivity contribution is 5.34. The van der Waals surface area contributed by atoms with Gasteiger partial charge in [0.05, 0.1) is 7.11 Å². The molecule has 0 saturated carbocycles. The molecule has 19 heavy (non-hydrogen) atoms. The van der Waals surface area contributed by atoms with E-state index in [9.17, 15) is 0 Å². The van der Waals surface area contributed by atoms with Crippen molar-refractivity contribution in [3.8, 4) is 11.5 Å². The van der Waals surface area contributed by atoms with Gasteiger partial charge in [-0.1, -0.05) is 26.8 Å². The smallest absolute Gasteiger partial charge is 0.130 e. The van der Waals surface area contributed by atoms with Crippen molar-refractivity contribution in [3.63, 3.8) is 0 Å². The van der Waals surface area contributed by atoms with Crippen molar-refractivity contribution >= 4 is 0 Å². The summed E-state index contributed by atoms with van der Waals surface area (Å²) in [6.45, 7) is 6.96. The third kappa shape index (κ3) is 3.76. The standard InChI is InChI=1S/C17H24O2/c1-17(2,3)13-8-10-14(11-9-13)19-16-7-5-6-15(12-16)18-4/h5-7,10,12-13H,8-9,11H2,1-4H3. The molecule has 2 rings (SSSR count). The maximum absolute atomic E-state index is 5.94. The highest BCUT2D eigenvalue weighted by atomic mass is 16.5. The Morgan fingerprint density at radius 3 is 2.47 bits per heavy atom. The molecule has 2 nitrogen and oxygen atoms in total. The van der Waals surface area contributed by atoms with E-state index in [1.54, 1.807) is 7.11 Å². The molecule has 0 bridgehead atoms.